The highest BCUT2D eigenvalue weighted by Gasteiger charge is 2.33. The maximum absolute atomic E-state index is 13.8. The Labute approximate surface area is 236 Å². The monoisotopic (exact) mass is 584 g/mol. The van der Waals surface area contributed by atoms with Crippen molar-refractivity contribution >= 4 is 58.3 Å². The van der Waals surface area contributed by atoms with Crippen LogP contribution in [0.4, 0.5) is 0 Å². The Balaban J connectivity index is 1.63. The number of allylic oxidation sites excluding steroid dienone is 1. The van der Waals surface area contributed by atoms with E-state index in [1.54, 1.807) is 66.6 Å². The highest BCUT2D eigenvalue weighted by molar-refractivity contribution is 7.98. The lowest BCUT2D eigenvalue weighted by Gasteiger charge is -2.24. The van der Waals surface area contributed by atoms with Gasteiger partial charge in [-0.05, 0) is 68.1 Å². The summed E-state index contributed by atoms with van der Waals surface area (Å²) in [4.78, 5) is 33.0. The zero-order valence-corrected chi connectivity index (χ0v) is 23.8. The van der Waals surface area contributed by atoms with E-state index in [0.717, 1.165) is 10.5 Å². The van der Waals surface area contributed by atoms with Gasteiger partial charge in [-0.3, -0.25) is 9.36 Å². The summed E-state index contributed by atoms with van der Waals surface area (Å²) in [6.07, 6.45) is 3.67. The van der Waals surface area contributed by atoms with Gasteiger partial charge in [0.2, 0.25) is 0 Å². The first-order valence-electron chi connectivity index (χ1n) is 11.7. The third-order valence-corrected chi connectivity index (χ3v) is 8.32. The molecule has 194 valence electrons. The van der Waals surface area contributed by atoms with Gasteiger partial charge in [-0.15, -0.1) is 11.8 Å². The Morgan fingerprint density at radius 1 is 1.18 bits per heavy atom. The molecule has 4 aromatic rings. The highest BCUT2D eigenvalue weighted by Crippen LogP contribution is 2.33. The molecular weight excluding hydrogens is 563 g/mol. The summed E-state index contributed by atoms with van der Waals surface area (Å²) in [5.74, 6) is 0.550. The number of carbonyl (C=O) groups excluding carboxylic acids is 1. The zero-order chi connectivity index (χ0) is 27.0. The lowest BCUT2D eigenvalue weighted by atomic mass is 9.96. The number of aromatic nitrogens is 1. The van der Waals surface area contributed by atoms with Crippen molar-refractivity contribution in [3.63, 3.8) is 0 Å². The molecule has 0 unspecified atom stereocenters. The summed E-state index contributed by atoms with van der Waals surface area (Å²) >= 11 is 15.2. The quantitative estimate of drug-likeness (QED) is 0.202. The molecular formula is C28H22Cl2N2O4S2. The topological polar surface area (TPSA) is 73.8 Å². The first-order valence-corrected chi connectivity index (χ1v) is 14.5. The van der Waals surface area contributed by atoms with Gasteiger partial charge in [0.15, 0.2) is 4.80 Å². The third kappa shape index (κ3) is 5.01. The van der Waals surface area contributed by atoms with E-state index in [9.17, 15) is 9.59 Å². The Morgan fingerprint density at radius 3 is 2.63 bits per heavy atom. The van der Waals surface area contributed by atoms with E-state index in [1.807, 2.05) is 30.5 Å². The van der Waals surface area contributed by atoms with Gasteiger partial charge in [-0.25, -0.2) is 9.79 Å². The molecule has 0 bridgehead atoms. The van der Waals surface area contributed by atoms with Gasteiger partial charge in [0.1, 0.15) is 11.5 Å². The number of thioether (sulfide) groups is 1. The van der Waals surface area contributed by atoms with E-state index in [2.05, 4.69) is 4.99 Å². The molecule has 10 heteroatoms. The smallest absolute Gasteiger partial charge is 0.338 e. The lowest BCUT2D eigenvalue weighted by molar-refractivity contribution is -0.139. The lowest BCUT2D eigenvalue weighted by Crippen LogP contribution is -2.39. The second-order valence-electron chi connectivity index (χ2n) is 8.40. The predicted octanol–water partition coefficient (Wildman–Crippen LogP) is 6.09. The molecule has 1 aliphatic heterocycles. The van der Waals surface area contributed by atoms with Crippen molar-refractivity contribution in [3.05, 3.63) is 107 Å². The van der Waals surface area contributed by atoms with Crippen LogP contribution in [-0.2, 0) is 9.53 Å². The number of ether oxygens (including phenoxy) is 1. The Kier molecular flexibility index (Phi) is 7.68. The molecule has 0 amide bonds. The number of carbonyl (C=O) groups is 1. The van der Waals surface area contributed by atoms with Crippen LogP contribution in [0.1, 0.15) is 31.2 Å². The first-order chi connectivity index (χ1) is 18.3. The van der Waals surface area contributed by atoms with Crippen LogP contribution in [0.15, 0.2) is 85.0 Å². The maximum Gasteiger partial charge on any atom is 0.338 e. The van der Waals surface area contributed by atoms with Crippen molar-refractivity contribution in [2.24, 2.45) is 4.99 Å². The molecule has 0 saturated heterocycles. The Bertz CT molecular complexity index is 1750. The SMILES string of the molecule is CCOC(=O)C1=C(C)N=c2s/c(=C\c3ccc(-c4ccc(Cl)cc4Cl)o3)c(=O)n2[C@@H]1c1ccc(SC)cc1. The zero-order valence-electron chi connectivity index (χ0n) is 20.7. The van der Waals surface area contributed by atoms with Gasteiger partial charge >= 0.3 is 5.97 Å². The minimum Gasteiger partial charge on any atom is -0.463 e. The largest absolute Gasteiger partial charge is 0.463 e. The van der Waals surface area contributed by atoms with Crippen molar-refractivity contribution in [2.45, 2.75) is 24.8 Å². The first kappa shape index (κ1) is 26.6. The fraction of sp³-hybridized carbons (Fsp3) is 0.179. The van der Waals surface area contributed by atoms with E-state index in [4.69, 9.17) is 32.4 Å². The van der Waals surface area contributed by atoms with Gasteiger partial charge in [-0.2, -0.15) is 0 Å². The van der Waals surface area contributed by atoms with E-state index in [0.29, 0.717) is 47.7 Å². The van der Waals surface area contributed by atoms with Crippen LogP contribution >= 0.6 is 46.3 Å². The van der Waals surface area contributed by atoms with Crippen molar-refractivity contribution in [3.8, 4) is 11.3 Å². The van der Waals surface area contributed by atoms with E-state index < -0.39 is 12.0 Å². The number of fused-ring (bicyclic) bond motifs is 1. The van der Waals surface area contributed by atoms with Crippen LogP contribution < -0.4 is 14.9 Å². The molecule has 1 aliphatic rings. The van der Waals surface area contributed by atoms with Crippen LogP contribution in [-0.4, -0.2) is 23.4 Å². The van der Waals surface area contributed by atoms with E-state index in [-0.39, 0.29) is 12.2 Å². The molecule has 2 aromatic heterocycles. The minimum atomic E-state index is -0.664. The molecule has 0 saturated carbocycles. The van der Waals surface area contributed by atoms with Gasteiger partial charge in [-0.1, -0.05) is 46.7 Å². The number of rotatable bonds is 6. The summed E-state index contributed by atoms with van der Waals surface area (Å²) in [6.45, 7) is 3.73. The van der Waals surface area contributed by atoms with Gasteiger partial charge < -0.3 is 9.15 Å². The number of halogens is 2. The summed E-state index contributed by atoms with van der Waals surface area (Å²) in [7, 11) is 0. The molecule has 3 heterocycles. The van der Waals surface area contributed by atoms with E-state index >= 15 is 0 Å². The Morgan fingerprint density at radius 2 is 1.95 bits per heavy atom. The highest BCUT2D eigenvalue weighted by atomic mass is 35.5. The summed E-state index contributed by atoms with van der Waals surface area (Å²) in [5, 5.41) is 0.994. The molecule has 0 spiro atoms. The van der Waals surface area contributed by atoms with Crippen LogP contribution in [0, 0.1) is 0 Å². The molecule has 0 radical (unpaired) electrons. The Hall–Kier alpha value is -3.04. The summed E-state index contributed by atoms with van der Waals surface area (Å²) in [5.41, 5.74) is 2.09. The van der Waals surface area contributed by atoms with Gasteiger partial charge in [0, 0.05) is 21.6 Å². The number of hydrogen-bond donors (Lipinski definition) is 0. The fourth-order valence-electron chi connectivity index (χ4n) is 4.29. The second kappa shape index (κ2) is 11.0. The number of nitrogens with zero attached hydrogens (tertiary/aromatic N) is 2. The fourth-order valence-corrected chi connectivity index (χ4v) is 6.22. The van der Waals surface area contributed by atoms with Crippen molar-refractivity contribution in [1.82, 2.24) is 4.57 Å². The average Bonchev–Trinajstić information content (AvgIpc) is 3.47. The average molecular weight is 586 g/mol. The third-order valence-electron chi connectivity index (χ3n) is 6.05. The van der Waals surface area contributed by atoms with Crippen LogP contribution in [0.5, 0.6) is 0 Å². The number of thiazole rings is 1. The molecule has 2 aromatic carbocycles. The van der Waals surface area contributed by atoms with Crippen LogP contribution in [0.3, 0.4) is 0 Å². The van der Waals surface area contributed by atoms with Gasteiger partial charge in [0.25, 0.3) is 5.56 Å². The molecule has 0 N–H and O–H groups in total. The summed E-state index contributed by atoms with van der Waals surface area (Å²) < 4.78 is 13.3. The number of esters is 1. The standard InChI is InChI=1S/C28H22Cl2N2O4S2/c1-4-35-27(34)24-15(2)31-28-32(25(24)16-5-9-19(37-3)10-6-16)26(33)23(38-28)14-18-8-12-22(36-18)20-11-7-17(29)13-21(20)30/h5-14,25H,4H2,1-3H3/b23-14-/t25-/m1/s1. The van der Waals surface area contributed by atoms with E-state index in [1.165, 1.54) is 11.3 Å². The molecule has 1 atom stereocenters. The molecule has 0 fully saturated rings. The molecule has 6 nitrogen and oxygen atoms in total. The molecule has 0 aliphatic carbocycles. The summed E-state index contributed by atoms with van der Waals surface area (Å²) in [6, 6.07) is 15.9. The molecule has 5 rings (SSSR count). The van der Waals surface area contributed by atoms with Crippen LogP contribution in [0.25, 0.3) is 17.4 Å². The van der Waals surface area contributed by atoms with Crippen molar-refractivity contribution < 1.29 is 13.9 Å². The number of furan rings is 1. The molecule has 38 heavy (non-hydrogen) atoms. The second-order valence-corrected chi connectivity index (χ2v) is 11.1. The number of benzene rings is 2. The van der Waals surface area contributed by atoms with Crippen molar-refractivity contribution in [2.75, 3.05) is 12.9 Å². The van der Waals surface area contributed by atoms with Crippen molar-refractivity contribution in [1.29, 1.82) is 0 Å². The minimum absolute atomic E-state index is 0.219. The normalized spacial score (nSPS) is 15.4. The predicted molar refractivity (Wildman–Crippen MR) is 153 cm³/mol. The van der Waals surface area contributed by atoms with Gasteiger partial charge in [0.05, 0.1) is 33.5 Å². The number of hydrogen-bond acceptors (Lipinski definition) is 7. The van der Waals surface area contributed by atoms with Crippen LogP contribution in [0.2, 0.25) is 10.0 Å². The maximum atomic E-state index is 13.8.